The predicted molar refractivity (Wildman–Crippen MR) is 110 cm³/mol. The number of hydrogen-bond donors (Lipinski definition) is 0. The third-order valence-corrected chi connectivity index (χ3v) is 4.99. The van der Waals surface area contributed by atoms with E-state index in [4.69, 9.17) is 9.72 Å². The summed E-state index contributed by atoms with van der Waals surface area (Å²) in [5.74, 6) is 1.18. The molecule has 2 aromatic carbocycles. The zero-order chi connectivity index (χ0) is 20.3. The minimum Gasteiger partial charge on any atom is -0.497 e. The van der Waals surface area contributed by atoms with Gasteiger partial charge in [0.1, 0.15) is 11.6 Å². The first-order valence-electron chi connectivity index (χ1n) is 9.46. The minimum atomic E-state index is -0.350. The third-order valence-electron chi connectivity index (χ3n) is 4.99. The molecule has 146 valence electrons. The molecule has 6 heteroatoms. The number of carbonyl (C=O) groups is 1. The average molecular weight is 379 g/mol. The second kappa shape index (κ2) is 8.25. The number of aromatic nitrogens is 2. The first-order chi connectivity index (χ1) is 13.5. The van der Waals surface area contributed by atoms with E-state index >= 15 is 0 Å². The molecule has 0 aliphatic heterocycles. The standard InChI is InChI=1S/C22H25N3O3/c1-5-24(21(26)16-11-13-17(28-4)14-12-16)15(3)20-23-19-10-8-7-9-18(19)22(27)25(20)6-2/h7-15H,5-6H2,1-4H3. The zero-order valence-corrected chi connectivity index (χ0v) is 16.7. The number of benzene rings is 2. The maximum absolute atomic E-state index is 13.1. The highest BCUT2D eigenvalue weighted by molar-refractivity contribution is 5.94. The normalized spacial score (nSPS) is 12.0. The van der Waals surface area contributed by atoms with Gasteiger partial charge in [-0.15, -0.1) is 0 Å². The van der Waals surface area contributed by atoms with Crippen LogP contribution in [-0.2, 0) is 6.54 Å². The van der Waals surface area contributed by atoms with E-state index in [2.05, 4.69) is 0 Å². The van der Waals surface area contributed by atoms with E-state index in [1.165, 1.54) is 0 Å². The second-order valence-corrected chi connectivity index (χ2v) is 6.53. The van der Waals surface area contributed by atoms with Crippen molar-refractivity contribution in [1.29, 1.82) is 0 Å². The Bertz CT molecular complexity index is 1040. The Morgan fingerprint density at radius 1 is 1.14 bits per heavy atom. The summed E-state index contributed by atoms with van der Waals surface area (Å²) in [7, 11) is 1.59. The summed E-state index contributed by atoms with van der Waals surface area (Å²) in [6, 6.07) is 14.0. The smallest absolute Gasteiger partial charge is 0.261 e. The molecule has 0 spiro atoms. The van der Waals surface area contributed by atoms with Gasteiger partial charge in [0.15, 0.2) is 0 Å². The Morgan fingerprint density at radius 3 is 2.43 bits per heavy atom. The van der Waals surface area contributed by atoms with E-state index in [0.717, 1.165) is 0 Å². The summed E-state index contributed by atoms with van der Waals surface area (Å²) in [6.07, 6.45) is 0. The molecule has 0 fully saturated rings. The van der Waals surface area contributed by atoms with Gasteiger partial charge in [0.2, 0.25) is 0 Å². The quantitative estimate of drug-likeness (QED) is 0.656. The number of para-hydroxylation sites is 1. The summed E-state index contributed by atoms with van der Waals surface area (Å²) >= 11 is 0. The topological polar surface area (TPSA) is 64.4 Å². The molecule has 1 amide bonds. The van der Waals surface area contributed by atoms with Gasteiger partial charge in [-0.2, -0.15) is 0 Å². The lowest BCUT2D eigenvalue weighted by molar-refractivity contribution is 0.0691. The minimum absolute atomic E-state index is 0.0806. The number of hydrogen-bond acceptors (Lipinski definition) is 4. The molecular weight excluding hydrogens is 354 g/mol. The molecule has 0 N–H and O–H groups in total. The highest BCUT2D eigenvalue weighted by Crippen LogP contribution is 2.23. The van der Waals surface area contributed by atoms with Crippen molar-refractivity contribution in [3.8, 4) is 5.75 Å². The van der Waals surface area contributed by atoms with Gasteiger partial charge in [-0.1, -0.05) is 12.1 Å². The van der Waals surface area contributed by atoms with Crippen molar-refractivity contribution in [2.24, 2.45) is 0 Å². The molecule has 1 atom stereocenters. The van der Waals surface area contributed by atoms with Gasteiger partial charge in [-0.25, -0.2) is 4.98 Å². The van der Waals surface area contributed by atoms with Gasteiger partial charge < -0.3 is 9.64 Å². The second-order valence-electron chi connectivity index (χ2n) is 6.53. The lowest BCUT2D eigenvalue weighted by Gasteiger charge is -2.29. The molecule has 28 heavy (non-hydrogen) atoms. The summed E-state index contributed by atoms with van der Waals surface area (Å²) in [6.45, 7) is 6.74. The van der Waals surface area contributed by atoms with Crippen molar-refractivity contribution < 1.29 is 9.53 Å². The van der Waals surface area contributed by atoms with Crippen molar-refractivity contribution in [3.63, 3.8) is 0 Å². The summed E-state index contributed by atoms with van der Waals surface area (Å²) in [5, 5.41) is 0.588. The number of methoxy groups -OCH3 is 1. The summed E-state index contributed by atoms with van der Waals surface area (Å²) in [5.41, 5.74) is 1.13. The van der Waals surface area contributed by atoms with E-state index in [-0.39, 0.29) is 17.5 Å². The fraction of sp³-hybridized carbons (Fsp3) is 0.318. The van der Waals surface area contributed by atoms with Gasteiger partial charge in [0.05, 0.1) is 24.1 Å². The summed E-state index contributed by atoms with van der Waals surface area (Å²) < 4.78 is 6.81. The van der Waals surface area contributed by atoms with Crippen LogP contribution in [0.25, 0.3) is 10.9 Å². The Balaban J connectivity index is 2.04. The first-order valence-corrected chi connectivity index (χ1v) is 9.46. The van der Waals surface area contributed by atoms with Crippen LogP contribution in [0, 0.1) is 0 Å². The van der Waals surface area contributed by atoms with Crippen molar-refractivity contribution in [2.45, 2.75) is 33.4 Å². The van der Waals surface area contributed by atoms with Gasteiger partial charge in [-0.05, 0) is 57.2 Å². The molecule has 6 nitrogen and oxygen atoms in total. The molecule has 0 aliphatic carbocycles. The van der Waals surface area contributed by atoms with Crippen LogP contribution in [0.15, 0.2) is 53.3 Å². The van der Waals surface area contributed by atoms with Crippen LogP contribution in [0.5, 0.6) is 5.75 Å². The largest absolute Gasteiger partial charge is 0.497 e. The Labute approximate surface area is 164 Å². The Kier molecular flexibility index (Phi) is 5.78. The Hall–Kier alpha value is -3.15. The number of fused-ring (bicyclic) bond motifs is 1. The molecule has 0 saturated carbocycles. The van der Waals surface area contributed by atoms with Crippen LogP contribution in [-0.4, -0.2) is 34.0 Å². The maximum Gasteiger partial charge on any atom is 0.261 e. The van der Waals surface area contributed by atoms with Gasteiger partial charge >= 0.3 is 0 Å². The molecule has 1 aromatic heterocycles. The number of carbonyl (C=O) groups excluding carboxylic acids is 1. The van der Waals surface area contributed by atoms with Crippen molar-refractivity contribution in [3.05, 3.63) is 70.3 Å². The molecule has 1 unspecified atom stereocenters. The lowest BCUT2D eigenvalue weighted by atomic mass is 10.1. The number of amides is 1. The first kappa shape index (κ1) is 19.6. The molecule has 0 aliphatic rings. The van der Waals surface area contributed by atoms with Crippen LogP contribution in [0.2, 0.25) is 0 Å². The molecule has 1 heterocycles. The zero-order valence-electron chi connectivity index (χ0n) is 16.7. The predicted octanol–water partition coefficient (Wildman–Crippen LogP) is 3.65. The van der Waals surface area contributed by atoms with E-state index in [1.54, 1.807) is 46.9 Å². The van der Waals surface area contributed by atoms with E-state index < -0.39 is 0 Å². The molecule has 3 aromatic rings. The molecule has 0 saturated heterocycles. The van der Waals surface area contributed by atoms with Gasteiger partial charge in [-0.3, -0.25) is 14.2 Å². The number of rotatable bonds is 6. The fourth-order valence-corrected chi connectivity index (χ4v) is 3.44. The highest BCUT2D eigenvalue weighted by atomic mass is 16.5. The van der Waals surface area contributed by atoms with E-state index in [1.807, 2.05) is 39.0 Å². The monoisotopic (exact) mass is 379 g/mol. The van der Waals surface area contributed by atoms with Crippen LogP contribution in [0.4, 0.5) is 0 Å². The maximum atomic E-state index is 13.1. The van der Waals surface area contributed by atoms with Crippen molar-refractivity contribution >= 4 is 16.8 Å². The van der Waals surface area contributed by atoms with Crippen molar-refractivity contribution in [2.75, 3.05) is 13.7 Å². The van der Waals surface area contributed by atoms with Crippen molar-refractivity contribution in [1.82, 2.24) is 14.5 Å². The van der Waals surface area contributed by atoms with E-state index in [9.17, 15) is 9.59 Å². The number of nitrogens with zero attached hydrogens (tertiary/aromatic N) is 3. The van der Waals surface area contributed by atoms with Gasteiger partial charge in [0, 0.05) is 18.7 Å². The van der Waals surface area contributed by atoms with Crippen LogP contribution in [0.3, 0.4) is 0 Å². The van der Waals surface area contributed by atoms with Crippen LogP contribution in [0.1, 0.15) is 43.0 Å². The van der Waals surface area contributed by atoms with E-state index in [0.29, 0.717) is 41.1 Å². The SMILES string of the molecule is CCN(C(=O)c1ccc(OC)cc1)C(C)c1nc2ccccc2c(=O)n1CC. The molecular formula is C22H25N3O3. The third kappa shape index (κ3) is 3.50. The fourth-order valence-electron chi connectivity index (χ4n) is 3.44. The lowest BCUT2D eigenvalue weighted by Crippen LogP contribution is -2.37. The molecule has 0 radical (unpaired) electrons. The molecule has 3 rings (SSSR count). The summed E-state index contributed by atoms with van der Waals surface area (Å²) in [4.78, 5) is 32.5. The number of ether oxygens (including phenoxy) is 1. The van der Waals surface area contributed by atoms with Gasteiger partial charge in [0.25, 0.3) is 11.5 Å². The van der Waals surface area contributed by atoms with Crippen LogP contribution < -0.4 is 10.3 Å². The highest BCUT2D eigenvalue weighted by Gasteiger charge is 2.25. The molecule has 0 bridgehead atoms. The average Bonchev–Trinajstić information content (AvgIpc) is 2.74. The van der Waals surface area contributed by atoms with Crippen LogP contribution >= 0.6 is 0 Å². The Morgan fingerprint density at radius 2 is 1.82 bits per heavy atom.